The maximum absolute atomic E-state index is 11.7. The molecule has 102 valence electrons. The minimum absolute atomic E-state index is 0.0805. The summed E-state index contributed by atoms with van der Waals surface area (Å²) in [6.45, 7) is 2.22. The van der Waals surface area contributed by atoms with Crippen molar-refractivity contribution in [3.63, 3.8) is 0 Å². The molecule has 0 aliphatic heterocycles. The Morgan fingerprint density at radius 1 is 1.37 bits per heavy atom. The van der Waals surface area contributed by atoms with Gasteiger partial charge in [0.15, 0.2) is 0 Å². The van der Waals surface area contributed by atoms with Gasteiger partial charge in [0.2, 0.25) is 5.91 Å². The second-order valence-electron chi connectivity index (χ2n) is 3.55. The first-order valence-electron chi connectivity index (χ1n) is 5.57. The summed E-state index contributed by atoms with van der Waals surface area (Å²) in [4.78, 5) is 33.8. The molecule has 0 bridgehead atoms. The first-order chi connectivity index (χ1) is 9.02. The molecule has 7 heteroatoms. The van der Waals surface area contributed by atoms with Crippen LogP contribution < -0.4 is 10.6 Å². The lowest BCUT2D eigenvalue weighted by Crippen LogP contribution is -2.36. The minimum Gasteiger partial charge on any atom is -0.478 e. The van der Waals surface area contributed by atoms with Gasteiger partial charge in [0.05, 0.1) is 12.1 Å². The summed E-state index contributed by atoms with van der Waals surface area (Å²) in [7, 11) is 0. The minimum atomic E-state index is -1.05. The fourth-order valence-corrected chi connectivity index (χ4v) is 2.01. The fourth-order valence-electron chi connectivity index (χ4n) is 1.24. The van der Waals surface area contributed by atoms with Gasteiger partial charge in [-0.25, -0.2) is 4.79 Å². The Kier molecular flexibility index (Phi) is 5.74. The van der Waals surface area contributed by atoms with Crippen LogP contribution >= 0.6 is 11.3 Å². The molecule has 1 heterocycles. The number of carbonyl (C=O) groups excluding carboxylic acids is 2. The Bertz CT molecular complexity index is 508. The lowest BCUT2D eigenvalue weighted by atomic mass is 10.3. The summed E-state index contributed by atoms with van der Waals surface area (Å²) in [6, 6.07) is 1.57. The molecule has 0 saturated heterocycles. The van der Waals surface area contributed by atoms with Gasteiger partial charge >= 0.3 is 5.97 Å². The van der Waals surface area contributed by atoms with Crippen LogP contribution in [0, 0.1) is 0 Å². The molecule has 0 fully saturated rings. The molecule has 0 saturated carbocycles. The van der Waals surface area contributed by atoms with Gasteiger partial charge in [0.1, 0.15) is 0 Å². The molecule has 0 spiro atoms. The number of aliphatic carboxylic acids is 1. The van der Waals surface area contributed by atoms with E-state index in [0.29, 0.717) is 17.0 Å². The maximum Gasteiger partial charge on any atom is 0.328 e. The largest absolute Gasteiger partial charge is 0.478 e. The van der Waals surface area contributed by atoms with E-state index in [1.54, 1.807) is 18.4 Å². The number of carboxylic acids is 1. The average molecular weight is 282 g/mol. The second kappa shape index (κ2) is 7.32. The molecule has 2 amide bonds. The molecular weight excluding hydrogens is 268 g/mol. The average Bonchev–Trinajstić information content (AvgIpc) is 2.82. The number of carbonyl (C=O) groups is 3. The quantitative estimate of drug-likeness (QED) is 0.670. The van der Waals surface area contributed by atoms with E-state index in [1.807, 2.05) is 0 Å². The molecule has 19 heavy (non-hydrogen) atoms. The van der Waals surface area contributed by atoms with Gasteiger partial charge in [-0.3, -0.25) is 9.59 Å². The summed E-state index contributed by atoms with van der Waals surface area (Å²) in [6.07, 6.45) is 2.41. The first kappa shape index (κ1) is 14.9. The van der Waals surface area contributed by atoms with Crippen molar-refractivity contribution in [3.05, 3.63) is 28.0 Å². The molecule has 0 aliphatic carbocycles. The topological polar surface area (TPSA) is 95.5 Å². The van der Waals surface area contributed by atoms with Gasteiger partial charge in [0.25, 0.3) is 5.91 Å². The third-order valence-corrected chi connectivity index (χ3v) is 2.95. The molecule has 1 aromatic rings. The van der Waals surface area contributed by atoms with Crippen LogP contribution in [0.3, 0.4) is 0 Å². The van der Waals surface area contributed by atoms with E-state index in [0.717, 1.165) is 6.08 Å². The molecule has 1 aromatic heterocycles. The Morgan fingerprint density at radius 3 is 2.74 bits per heavy atom. The first-order valence-corrected chi connectivity index (χ1v) is 6.45. The van der Waals surface area contributed by atoms with Crippen LogP contribution in [-0.2, 0) is 9.59 Å². The molecule has 0 aliphatic rings. The number of rotatable bonds is 6. The van der Waals surface area contributed by atoms with E-state index < -0.39 is 5.97 Å². The third kappa shape index (κ3) is 5.35. The zero-order chi connectivity index (χ0) is 14.3. The van der Waals surface area contributed by atoms with Crippen molar-refractivity contribution in [1.29, 1.82) is 0 Å². The maximum atomic E-state index is 11.7. The summed E-state index contributed by atoms with van der Waals surface area (Å²) in [5, 5.41) is 15.1. The molecule has 0 unspecified atom stereocenters. The van der Waals surface area contributed by atoms with E-state index >= 15 is 0 Å². The number of likely N-dealkylation sites (N-methyl/N-ethyl adjacent to an activating group) is 1. The van der Waals surface area contributed by atoms with Crippen molar-refractivity contribution < 1.29 is 19.5 Å². The number of carboxylic acid groups (broad SMARTS) is 1. The Labute approximate surface area is 114 Å². The highest BCUT2D eigenvalue weighted by Crippen LogP contribution is 2.16. The second-order valence-corrected chi connectivity index (χ2v) is 4.49. The number of amides is 2. The normalized spacial score (nSPS) is 10.4. The predicted octanol–water partition coefficient (Wildman–Crippen LogP) is 0.712. The van der Waals surface area contributed by atoms with E-state index in [9.17, 15) is 14.4 Å². The molecular formula is C12H14N2O4S. The van der Waals surface area contributed by atoms with Crippen molar-refractivity contribution in [3.8, 4) is 0 Å². The predicted molar refractivity (Wildman–Crippen MR) is 72.0 cm³/mol. The highest BCUT2D eigenvalue weighted by atomic mass is 32.1. The monoisotopic (exact) mass is 282 g/mol. The van der Waals surface area contributed by atoms with Crippen molar-refractivity contribution >= 4 is 35.2 Å². The van der Waals surface area contributed by atoms with Crippen LogP contribution in [0.1, 0.15) is 22.2 Å². The third-order valence-electron chi connectivity index (χ3n) is 2.06. The fraction of sp³-hybridized carbons (Fsp3) is 0.250. The molecule has 0 aromatic carbocycles. The van der Waals surface area contributed by atoms with Gasteiger partial charge in [-0.15, -0.1) is 11.3 Å². The number of hydrogen-bond acceptors (Lipinski definition) is 4. The van der Waals surface area contributed by atoms with Gasteiger partial charge in [-0.1, -0.05) is 0 Å². The van der Waals surface area contributed by atoms with Crippen molar-refractivity contribution in [2.75, 3.05) is 13.1 Å². The Balaban J connectivity index is 2.54. The standard InChI is InChI=1S/C12H14N2O4S/c1-2-13-10(15)6-14-12(18)8-5-9(19-7-8)3-4-11(16)17/h3-5,7H,2,6H2,1H3,(H,13,15)(H,14,18)(H,16,17). The molecule has 3 N–H and O–H groups in total. The highest BCUT2D eigenvalue weighted by molar-refractivity contribution is 7.11. The van der Waals surface area contributed by atoms with E-state index in [1.165, 1.54) is 17.4 Å². The number of thiophene rings is 1. The molecule has 1 rings (SSSR count). The molecule has 0 atom stereocenters. The van der Waals surface area contributed by atoms with Crippen LogP contribution in [0.4, 0.5) is 0 Å². The number of nitrogens with one attached hydrogen (secondary N) is 2. The van der Waals surface area contributed by atoms with Gasteiger partial charge < -0.3 is 15.7 Å². The van der Waals surface area contributed by atoms with E-state index in [4.69, 9.17) is 5.11 Å². The van der Waals surface area contributed by atoms with Crippen LogP contribution in [0.25, 0.3) is 6.08 Å². The summed E-state index contributed by atoms with van der Waals surface area (Å²) in [5.74, 6) is -1.66. The lowest BCUT2D eigenvalue weighted by Gasteiger charge is -2.03. The lowest BCUT2D eigenvalue weighted by molar-refractivity contribution is -0.131. The van der Waals surface area contributed by atoms with Gasteiger partial charge in [-0.2, -0.15) is 0 Å². The van der Waals surface area contributed by atoms with Crippen LogP contribution in [0.2, 0.25) is 0 Å². The summed E-state index contributed by atoms with van der Waals surface area (Å²) >= 11 is 1.25. The van der Waals surface area contributed by atoms with E-state index in [-0.39, 0.29) is 18.4 Å². The van der Waals surface area contributed by atoms with Crippen molar-refractivity contribution in [2.24, 2.45) is 0 Å². The number of hydrogen-bond donors (Lipinski definition) is 3. The molecule has 0 radical (unpaired) electrons. The summed E-state index contributed by atoms with van der Waals surface area (Å²) in [5.41, 5.74) is 0.402. The van der Waals surface area contributed by atoms with E-state index in [2.05, 4.69) is 10.6 Å². The Morgan fingerprint density at radius 2 is 2.11 bits per heavy atom. The summed E-state index contributed by atoms with van der Waals surface area (Å²) < 4.78 is 0. The van der Waals surface area contributed by atoms with Gasteiger partial charge in [-0.05, 0) is 19.1 Å². The van der Waals surface area contributed by atoms with Crippen molar-refractivity contribution in [2.45, 2.75) is 6.92 Å². The zero-order valence-corrected chi connectivity index (χ0v) is 11.1. The van der Waals surface area contributed by atoms with Crippen LogP contribution in [0.15, 0.2) is 17.5 Å². The zero-order valence-electron chi connectivity index (χ0n) is 10.3. The molecule has 6 nitrogen and oxygen atoms in total. The van der Waals surface area contributed by atoms with Crippen molar-refractivity contribution in [1.82, 2.24) is 10.6 Å². The SMILES string of the molecule is CCNC(=O)CNC(=O)c1csc(C=CC(=O)O)c1. The van der Waals surface area contributed by atoms with Gasteiger partial charge in [0, 0.05) is 22.9 Å². The van der Waals surface area contributed by atoms with Crippen LogP contribution in [-0.4, -0.2) is 36.0 Å². The Hall–Kier alpha value is -2.15. The smallest absolute Gasteiger partial charge is 0.328 e. The highest BCUT2D eigenvalue weighted by Gasteiger charge is 2.09. The van der Waals surface area contributed by atoms with Crippen LogP contribution in [0.5, 0.6) is 0 Å².